The Bertz CT molecular complexity index is 450. The van der Waals surface area contributed by atoms with Gasteiger partial charge in [0.25, 0.3) is 0 Å². The lowest BCUT2D eigenvalue weighted by Crippen LogP contribution is -2.57. The molecule has 0 aromatic heterocycles. The van der Waals surface area contributed by atoms with Gasteiger partial charge >= 0.3 is 0 Å². The molecule has 2 nitrogen and oxygen atoms in total. The Morgan fingerprint density at radius 2 is 1.95 bits per heavy atom. The van der Waals surface area contributed by atoms with Gasteiger partial charge in [-0.15, -0.1) is 0 Å². The first-order valence-corrected chi connectivity index (χ1v) is 8.00. The van der Waals surface area contributed by atoms with Crippen molar-refractivity contribution >= 4 is 11.6 Å². The van der Waals surface area contributed by atoms with Crippen LogP contribution < -0.4 is 5.32 Å². The maximum Gasteiger partial charge on any atom is 0.0441 e. The minimum atomic E-state index is 0.152. The van der Waals surface area contributed by atoms with Gasteiger partial charge in [0, 0.05) is 16.6 Å². The van der Waals surface area contributed by atoms with Crippen LogP contribution in [0.25, 0.3) is 0 Å². The SMILES string of the molecule is CNC(Cc1ccc(C)cc1Cl)C(C)(C)N1CCCC1. The van der Waals surface area contributed by atoms with Gasteiger partial charge in [-0.1, -0.05) is 23.7 Å². The minimum Gasteiger partial charge on any atom is -0.315 e. The first kappa shape index (κ1) is 15.8. The van der Waals surface area contributed by atoms with Crippen LogP contribution >= 0.6 is 11.6 Å². The van der Waals surface area contributed by atoms with E-state index in [-0.39, 0.29) is 5.54 Å². The Balaban J connectivity index is 2.15. The van der Waals surface area contributed by atoms with Crippen molar-refractivity contribution in [1.29, 1.82) is 0 Å². The summed E-state index contributed by atoms with van der Waals surface area (Å²) in [7, 11) is 2.06. The molecule has 0 amide bonds. The van der Waals surface area contributed by atoms with Crippen LogP contribution in [0, 0.1) is 6.92 Å². The molecule has 0 spiro atoms. The van der Waals surface area contributed by atoms with Crippen molar-refractivity contribution in [2.75, 3.05) is 20.1 Å². The average Bonchev–Trinajstić information content (AvgIpc) is 2.92. The highest BCUT2D eigenvalue weighted by atomic mass is 35.5. The van der Waals surface area contributed by atoms with Gasteiger partial charge in [-0.2, -0.15) is 0 Å². The third kappa shape index (κ3) is 3.36. The zero-order chi connectivity index (χ0) is 14.8. The zero-order valence-electron chi connectivity index (χ0n) is 13.2. The second-order valence-corrected chi connectivity index (χ2v) is 6.90. The smallest absolute Gasteiger partial charge is 0.0441 e. The van der Waals surface area contributed by atoms with Crippen molar-refractivity contribution in [2.24, 2.45) is 0 Å². The monoisotopic (exact) mass is 294 g/mol. The molecule has 1 fully saturated rings. The van der Waals surface area contributed by atoms with Crippen LogP contribution in [0.5, 0.6) is 0 Å². The molecule has 1 heterocycles. The van der Waals surface area contributed by atoms with E-state index in [4.69, 9.17) is 11.6 Å². The number of nitrogens with one attached hydrogen (secondary N) is 1. The van der Waals surface area contributed by atoms with Gasteiger partial charge in [-0.25, -0.2) is 0 Å². The number of likely N-dealkylation sites (tertiary alicyclic amines) is 1. The number of hydrogen-bond acceptors (Lipinski definition) is 2. The van der Waals surface area contributed by atoms with Crippen LogP contribution in [0.1, 0.15) is 37.8 Å². The number of halogens is 1. The summed E-state index contributed by atoms with van der Waals surface area (Å²) in [6.45, 7) is 9.21. The van der Waals surface area contributed by atoms with Gasteiger partial charge in [0.2, 0.25) is 0 Å². The van der Waals surface area contributed by atoms with Gasteiger partial charge in [-0.3, -0.25) is 4.90 Å². The first-order valence-electron chi connectivity index (χ1n) is 7.62. The van der Waals surface area contributed by atoms with E-state index in [2.05, 4.69) is 56.2 Å². The van der Waals surface area contributed by atoms with E-state index in [1.54, 1.807) is 0 Å². The number of hydrogen-bond donors (Lipinski definition) is 1. The third-order valence-corrected chi connectivity index (χ3v) is 5.11. The number of likely N-dealkylation sites (N-methyl/N-ethyl adjacent to an activating group) is 1. The lowest BCUT2D eigenvalue weighted by atomic mass is 9.87. The molecule has 1 aromatic carbocycles. The first-order chi connectivity index (χ1) is 9.45. The molecule has 112 valence electrons. The molecule has 20 heavy (non-hydrogen) atoms. The highest BCUT2D eigenvalue weighted by Crippen LogP contribution is 2.28. The highest BCUT2D eigenvalue weighted by molar-refractivity contribution is 6.31. The van der Waals surface area contributed by atoms with E-state index >= 15 is 0 Å². The largest absolute Gasteiger partial charge is 0.315 e. The van der Waals surface area contributed by atoms with E-state index in [1.165, 1.54) is 37.1 Å². The summed E-state index contributed by atoms with van der Waals surface area (Å²) in [5.74, 6) is 0. The Labute approximate surface area is 128 Å². The molecular formula is C17H27ClN2. The Morgan fingerprint density at radius 1 is 1.30 bits per heavy atom. The number of benzene rings is 1. The van der Waals surface area contributed by atoms with E-state index in [9.17, 15) is 0 Å². The summed E-state index contributed by atoms with van der Waals surface area (Å²) in [5.41, 5.74) is 2.61. The van der Waals surface area contributed by atoms with Crippen LogP contribution in [0.15, 0.2) is 18.2 Å². The van der Waals surface area contributed by atoms with Gasteiger partial charge in [0.1, 0.15) is 0 Å². The fourth-order valence-corrected chi connectivity index (χ4v) is 3.57. The molecule has 3 heteroatoms. The average molecular weight is 295 g/mol. The minimum absolute atomic E-state index is 0.152. The number of nitrogens with zero attached hydrogens (tertiary/aromatic N) is 1. The molecule has 2 rings (SSSR count). The van der Waals surface area contributed by atoms with Crippen molar-refractivity contribution in [3.05, 3.63) is 34.3 Å². The van der Waals surface area contributed by atoms with Crippen LogP contribution in [-0.4, -0.2) is 36.6 Å². The van der Waals surface area contributed by atoms with Gasteiger partial charge in [-0.05, 0) is 77.4 Å². The summed E-state index contributed by atoms with van der Waals surface area (Å²) in [6.07, 6.45) is 3.62. The lowest BCUT2D eigenvalue weighted by Gasteiger charge is -2.42. The van der Waals surface area contributed by atoms with Gasteiger partial charge in [0.05, 0.1) is 0 Å². The fourth-order valence-electron chi connectivity index (χ4n) is 3.26. The predicted octanol–water partition coefficient (Wildman–Crippen LogP) is 3.65. The molecular weight excluding hydrogens is 268 g/mol. The van der Waals surface area contributed by atoms with Crippen molar-refractivity contribution in [3.63, 3.8) is 0 Å². The Hall–Kier alpha value is -0.570. The molecule has 1 atom stereocenters. The maximum atomic E-state index is 6.40. The third-order valence-electron chi connectivity index (χ3n) is 4.75. The molecule has 0 aliphatic carbocycles. The summed E-state index contributed by atoms with van der Waals surface area (Å²) in [6, 6.07) is 6.78. The molecule has 1 aliphatic rings. The van der Waals surface area contributed by atoms with Crippen LogP contribution in [0.2, 0.25) is 5.02 Å². The molecule has 0 saturated carbocycles. The molecule has 1 N–H and O–H groups in total. The normalized spacial score (nSPS) is 18.4. The summed E-state index contributed by atoms with van der Waals surface area (Å²) < 4.78 is 0. The van der Waals surface area contributed by atoms with Gasteiger partial charge < -0.3 is 5.32 Å². The predicted molar refractivity (Wildman–Crippen MR) is 87.6 cm³/mol. The second kappa shape index (κ2) is 6.46. The number of rotatable bonds is 5. The molecule has 1 aliphatic heterocycles. The van der Waals surface area contributed by atoms with E-state index in [0.717, 1.165) is 11.4 Å². The zero-order valence-corrected chi connectivity index (χ0v) is 13.9. The molecule has 1 aromatic rings. The van der Waals surface area contributed by atoms with Gasteiger partial charge in [0.15, 0.2) is 0 Å². The molecule has 0 bridgehead atoms. The maximum absolute atomic E-state index is 6.40. The second-order valence-electron chi connectivity index (χ2n) is 6.49. The molecule has 1 unspecified atom stereocenters. The van der Waals surface area contributed by atoms with Crippen molar-refractivity contribution < 1.29 is 0 Å². The Kier molecular flexibility index (Phi) is 5.11. The molecule has 0 radical (unpaired) electrons. The van der Waals surface area contributed by atoms with E-state index in [0.29, 0.717) is 6.04 Å². The lowest BCUT2D eigenvalue weighted by molar-refractivity contribution is 0.110. The van der Waals surface area contributed by atoms with Crippen molar-refractivity contribution in [1.82, 2.24) is 10.2 Å². The summed E-state index contributed by atoms with van der Waals surface area (Å²) in [5, 5.41) is 4.40. The topological polar surface area (TPSA) is 15.3 Å². The van der Waals surface area contributed by atoms with Crippen molar-refractivity contribution in [2.45, 2.75) is 51.6 Å². The summed E-state index contributed by atoms with van der Waals surface area (Å²) in [4.78, 5) is 2.61. The standard InChI is InChI=1S/C17H27ClN2/c1-13-7-8-14(15(18)11-13)12-16(19-4)17(2,3)20-9-5-6-10-20/h7-8,11,16,19H,5-6,9-10,12H2,1-4H3. The van der Waals surface area contributed by atoms with Crippen LogP contribution in [-0.2, 0) is 6.42 Å². The Morgan fingerprint density at radius 3 is 2.50 bits per heavy atom. The quantitative estimate of drug-likeness (QED) is 0.892. The van der Waals surface area contributed by atoms with E-state index < -0.39 is 0 Å². The summed E-state index contributed by atoms with van der Waals surface area (Å²) >= 11 is 6.40. The van der Waals surface area contributed by atoms with E-state index in [1.807, 2.05) is 0 Å². The van der Waals surface area contributed by atoms with Crippen LogP contribution in [0.3, 0.4) is 0 Å². The number of aryl methyl sites for hydroxylation is 1. The fraction of sp³-hybridized carbons (Fsp3) is 0.647. The molecule has 1 saturated heterocycles. The van der Waals surface area contributed by atoms with Crippen LogP contribution in [0.4, 0.5) is 0 Å². The van der Waals surface area contributed by atoms with Crippen molar-refractivity contribution in [3.8, 4) is 0 Å². The highest BCUT2D eigenvalue weighted by Gasteiger charge is 2.36.